The number of benzene rings is 2. The van der Waals surface area contributed by atoms with Crippen molar-refractivity contribution in [3.63, 3.8) is 0 Å². The molecule has 0 aliphatic heterocycles. The van der Waals surface area contributed by atoms with E-state index in [4.69, 9.17) is 4.74 Å². The van der Waals surface area contributed by atoms with Gasteiger partial charge in [0.15, 0.2) is 0 Å². The van der Waals surface area contributed by atoms with Crippen LogP contribution in [0.3, 0.4) is 0 Å². The van der Waals surface area contributed by atoms with E-state index in [1.165, 1.54) is 16.9 Å². The molecular weight excluding hydrogens is 420 g/mol. The summed E-state index contributed by atoms with van der Waals surface area (Å²) in [6.07, 6.45) is 2.32. The first kappa shape index (κ1) is 21.6. The summed E-state index contributed by atoms with van der Waals surface area (Å²) in [6, 6.07) is 23.4. The van der Waals surface area contributed by atoms with Crippen LogP contribution in [-0.2, 0) is 13.0 Å². The summed E-state index contributed by atoms with van der Waals surface area (Å²) < 4.78 is 5.98. The van der Waals surface area contributed by atoms with Crippen molar-refractivity contribution < 1.29 is 9.53 Å². The summed E-state index contributed by atoms with van der Waals surface area (Å²) in [5.41, 5.74) is 3.25. The van der Waals surface area contributed by atoms with Crippen molar-refractivity contribution in [2.75, 3.05) is 6.61 Å². The average Bonchev–Trinajstić information content (AvgIpc) is 3.20. The maximum Gasteiger partial charge on any atom is 0.261 e. The van der Waals surface area contributed by atoms with Gasteiger partial charge < -0.3 is 15.0 Å². The number of hydrogen-bond acceptors (Lipinski definition) is 4. The molecule has 5 nitrogen and oxygen atoms in total. The molecule has 32 heavy (non-hydrogen) atoms. The Morgan fingerprint density at radius 1 is 1.00 bits per heavy atom. The highest BCUT2D eigenvalue weighted by atomic mass is 32.1. The number of hydrogen-bond donors (Lipinski definition) is 2. The van der Waals surface area contributed by atoms with E-state index in [2.05, 4.69) is 10.3 Å². The second-order valence-electron chi connectivity index (χ2n) is 7.42. The van der Waals surface area contributed by atoms with Crippen LogP contribution in [0.15, 0.2) is 83.8 Å². The van der Waals surface area contributed by atoms with E-state index >= 15 is 0 Å². The van der Waals surface area contributed by atoms with E-state index in [1.807, 2.05) is 73.7 Å². The maximum absolute atomic E-state index is 12.8. The van der Waals surface area contributed by atoms with Crippen molar-refractivity contribution >= 4 is 17.2 Å². The topological polar surface area (TPSA) is 71.2 Å². The minimum Gasteiger partial charge on any atom is -0.492 e. The van der Waals surface area contributed by atoms with Gasteiger partial charge in [0.05, 0.1) is 17.0 Å². The molecule has 0 unspecified atom stereocenters. The first-order valence-corrected chi connectivity index (χ1v) is 11.2. The van der Waals surface area contributed by atoms with E-state index in [0.29, 0.717) is 34.2 Å². The molecule has 0 bridgehead atoms. The van der Waals surface area contributed by atoms with Gasteiger partial charge in [0.1, 0.15) is 5.75 Å². The summed E-state index contributed by atoms with van der Waals surface area (Å²) in [7, 11) is 0. The zero-order valence-corrected chi connectivity index (χ0v) is 18.6. The molecular formula is C26H24N2O3S. The van der Waals surface area contributed by atoms with Gasteiger partial charge in [-0.1, -0.05) is 60.7 Å². The van der Waals surface area contributed by atoms with Crippen LogP contribution >= 0.6 is 11.3 Å². The van der Waals surface area contributed by atoms with E-state index in [9.17, 15) is 9.59 Å². The number of rotatable bonds is 8. The molecule has 0 radical (unpaired) electrons. The molecule has 0 atom stereocenters. The lowest BCUT2D eigenvalue weighted by Gasteiger charge is -2.10. The van der Waals surface area contributed by atoms with E-state index in [-0.39, 0.29) is 11.5 Å². The Morgan fingerprint density at radius 3 is 2.41 bits per heavy atom. The fourth-order valence-corrected chi connectivity index (χ4v) is 4.56. The number of ether oxygens (including phenoxy) is 1. The summed E-state index contributed by atoms with van der Waals surface area (Å²) >= 11 is 1.30. The predicted octanol–water partition coefficient (Wildman–Crippen LogP) is 4.96. The van der Waals surface area contributed by atoms with Crippen LogP contribution in [0, 0.1) is 6.92 Å². The van der Waals surface area contributed by atoms with Crippen molar-refractivity contribution in [2.24, 2.45) is 0 Å². The van der Waals surface area contributed by atoms with E-state index in [1.54, 1.807) is 12.3 Å². The van der Waals surface area contributed by atoms with Gasteiger partial charge in [-0.3, -0.25) is 9.59 Å². The van der Waals surface area contributed by atoms with Crippen molar-refractivity contribution in [1.82, 2.24) is 10.3 Å². The number of carbonyl (C=O) groups excluding carboxylic acids is 1. The number of aromatic amines is 1. The van der Waals surface area contributed by atoms with Gasteiger partial charge in [0.25, 0.3) is 11.5 Å². The molecule has 162 valence electrons. The second-order valence-corrected chi connectivity index (χ2v) is 8.47. The zero-order valence-electron chi connectivity index (χ0n) is 17.8. The van der Waals surface area contributed by atoms with Gasteiger partial charge in [-0.15, -0.1) is 11.3 Å². The van der Waals surface area contributed by atoms with E-state index < -0.39 is 0 Å². The highest BCUT2D eigenvalue weighted by Crippen LogP contribution is 2.34. The van der Waals surface area contributed by atoms with Gasteiger partial charge in [0, 0.05) is 24.0 Å². The Bertz CT molecular complexity index is 1250. The van der Waals surface area contributed by atoms with Crippen LogP contribution < -0.4 is 15.6 Å². The normalized spacial score (nSPS) is 10.7. The number of pyridine rings is 1. The molecule has 2 N–H and O–H groups in total. The summed E-state index contributed by atoms with van der Waals surface area (Å²) in [5.74, 6) is 0.365. The Balaban J connectivity index is 1.51. The fraction of sp³-hybridized carbons (Fsp3) is 0.154. The van der Waals surface area contributed by atoms with Gasteiger partial charge in [-0.2, -0.15) is 0 Å². The Morgan fingerprint density at radius 2 is 1.69 bits per heavy atom. The first-order valence-electron chi connectivity index (χ1n) is 10.4. The molecule has 2 aromatic carbocycles. The lowest BCUT2D eigenvalue weighted by atomic mass is 10.1. The summed E-state index contributed by atoms with van der Waals surface area (Å²) in [5, 5.41) is 2.96. The quantitative estimate of drug-likeness (QED) is 0.403. The molecule has 0 fully saturated rings. The molecule has 1 amide bonds. The summed E-state index contributed by atoms with van der Waals surface area (Å²) in [4.78, 5) is 29.4. The molecule has 2 heterocycles. The molecule has 4 rings (SSSR count). The number of carbonyl (C=O) groups is 1. The summed E-state index contributed by atoms with van der Waals surface area (Å²) in [6.45, 7) is 2.78. The van der Waals surface area contributed by atoms with Crippen LogP contribution in [0.25, 0.3) is 10.4 Å². The van der Waals surface area contributed by atoms with Crippen molar-refractivity contribution in [3.8, 4) is 16.2 Å². The zero-order chi connectivity index (χ0) is 22.3. The van der Waals surface area contributed by atoms with Gasteiger partial charge in [-0.25, -0.2) is 0 Å². The largest absolute Gasteiger partial charge is 0.492 e. The Labute approximate surface area is 190 Å². The third kappa shape index (κ3) is 5.15. The first-order chi connectivity index (χ1) is 15.6. The monoisotopic (exact) mass is 444 g/mol. The number of H-pyrrole nitrogens is 1. The lowest BCUT2D eigenvalue weighted by Crippen LogP contribution is -2.22. The van der Waals surface area contributed by atoms with Gasteiger partial charge >= 0.3 is 0 Å². The Hall–Kier alpha value is -3.64. The highest BCUT2D eigenvalue weighted by molar-refractivity contribution is 7.17. The number of nitrogens with one attached hydrogen (secondary N) is 2. The lowest BCUT2D eigenvalue weighted by molar-refractivity contribution is 0.0954. The molecule has 2 aromatic heterocycles. The maximum atomic E-state index is 12.8. The molecule has 6 heteroatoms. The van der Waals surface area contributed by atoms with Gasteiger partial charge in [0.2, 0.25) is 0 Å². The number of aryl methyl sites for hydroxylation is 1. The molecule has 0 saturated carbocycles. The van der Waals surface area contributed by atoms with Crippen LogP contribution in [0.4, 0.5) is 0 Å². The highest BCUT2D eigenvalue weighted by Gasteiger charge is 2.19. The smallest absolute Gasteiger partial charge is 0.261 e. The predicted molar refractivity (Wildman–Crippen MR) is 128 cm³/mol. The van der Waals surface area contributed by atoms with E-state index in [0.717, 1.165) is 17.5 Å². The number of aromatic nitrogens is 1. The second kappa shape index (κ2) is 10.1. The third-order valence-corrected chi connectivity index (χ3v) is 6.33. The fourth-order valence-electron chi connectivity index (χ4n) is 3.43. The van der Waals surface area contributed by atoms with Crippen LogP contribution in [0.2, 0.25) is 0 Å². The molecule has 0 saturated heterocycles. The van der Waals surface area contributed by atoms with Crippen LogP contribution in [0.1, 0.15) is 26.4 Å². The third-order valence-electron chi connectivity index (χ3n) is 5.08. The average molecular weight is 445 g/mol. The minimum absolute atomic E-state index is 0.151. The molecule has 0 aliphatic carbocycles. The number of amides is 1. The Kier molecular flexibility index (Phi) is 6.82. The number of thiophene rings is 1. The molecule has 4 aromatic rings. The van der Waals surface area contributed by atoms with Crippen LogP contribution in [0.5, 0.6) is 5.75 Å². The molecule has 0 spiro atoms. The van der Waals surface area contributed by atoms with Crippen molar-refractivity contribution in [3.05, 3.63) is 111 Å². The minimum atomic E-state index is -0.236. The standard InChI is InChI=1S/C26H24N2O3S/c1-18-16-22(32-24(18)26(30)28-17-20-10-6-3-7-11-20)23-21(12-14-27-25(23)29)31-15-13-19-8-4-2-5-9-19/h2-12,14,16H,13,15,17H2,1H3,(H,27,29)(H,28,30). The van der Waals surface area contributed by atoms with Crippen molar-refractivity contribution in [1.29, 1.82) is 0 Å². The van der Waals surface area contributed by atoms with Crippen LogP contribution in [-0.4, -0.2) is 17.5 Å². The van der Waals surface area contributed by atoms with Crippen molar-refractivity contribution in [2.45, 2.75) is 19.9 Å². The SMILES string of the molecule is Cc1cc(-c2c(OCCc3ccccc3)cc[nH]c2=O)sc1C(=O)NCc1ccccc1. The molecule has 0 aliphatic rings. The van der Waals surface area contributed by atoms with Gasteiger partial charge in [-0.05, 0) is 35.7 Å².